The molecule has 1 rings (SSSR count). The molecule has 1 aromatic rings. The van der Waals surface area contributed by atoms with E-state index in [-0.39, 0.29) is 11.8 Å². The Morgan fingerprint density at radius 2 is 2.20 bits per heavy atom. The van der Waals surface area contributed by atoms with Crippen molar-refractivity contribution in [2.45, 2.75) is 5.92 Å². The summed E-state index contributed by atoms with van der Waals surface area (Å²) in [6.07, 6.45) is 0. The molecule has 1 atom stereocenters. The van der Waals surface area contributed by atoms with Crippen molar-refractivity contribution < 1.29 is 4.79 Å². The molecule has 1 amide bonds. The van der Waals surface area contributed by atoms with Gasteiger partial charge in [0.25, 0.3) is 0 Å². The Morgan fingerprint density at radius 1 is 1.53 bits per heavy atom. The molecule has 3 nitrogen and oxygen atoms in total. The Hall–Kier alpha value is -0.870. The maximum absolute atomic E-state index is 11.8. The number of hydrogen-bond acceptors (Lipinski definition) is 2. The highest BCUT2D eigenvalue weighted by Gasteiger charge is 2.20. The highest BCUT2D eigenvalue weighted by Crippen LogP contribution is 2.20. The van der Waals surface area contributed by atoms with Gasteiger partial charge in [0, 0.05) is 25.1 Å². The lowest BCUT2D eigenvalue weighted by atomic mass is 9.98. The van der Waals surface area contributed by atoms with Crippen LogP contribution < -0.4 is 5.73 Å². The zero-order valence-corrected chi connectivity index (χ0v) is 10.5. The molecule has 0 aliphatic carbocycles. The van der Waals surface area contributed by atoms with Crippen LogP contribution in [0, 0.1) is 0 Å². The quantitative estimate of drug-likeness (QED) is 0.907. The van der Waals surface area contributed by atoms with Gasteiger partial charge in [-0.05, 0) is 17.7 Å². The second-order valence-corrected chi connectivity index (χ2v) is 4.49. The number of halogens is 1. The van der Waals surface area contributed by atoms with E-state index in [9.17, 15) is 4.79 Å². The van der Waals surface area contributed by atoms with Crippen LogP contribution in [0.3, 0.4) is 0 Å². The molecule has 2 N–H and O–H groups in total. The average molecular weight is 271 g/mol. The lowest BCUT2D eigenvalue weighted by Crippen LogP contribution is -2.32. The van der Waals surface area contributed by atoms with E-state index in [1.807, 2.05) is 24.3 Å². The number of likely N-dealkylation sites (N-methyl/N-ethyl adjacent to an activating group) is 1. The molecule has 0 aliphatic heterocycles. The minimum Gasteiger partial charge on any atom is -0.348 e. The summed E-state index contributed by atoms with van der Waals surface area (Å²) in [5.74, 6) is -0.215. The van der Waals surface area contributed by atoms with Crippen molar-refractivity contribution in [3.05, 3.63) is 34.3 Å². The number of nitrogens with zero attached hydrogens (tertiary/aromatic N) is 1. The molecular weight excluding hydrogens is 256 g/mol. The van der Waals surface area contributed by atoms with Crippen LogP contribution in [0.25, 0.3) is 0 Å². The number of nitrogens with two attached hydrogens (primary N) is 1. The second kappa shape index (κ2) is 5.28. The van der Waals surface area contributed by atoms with Gasteiger partial charge in [0.1, 0.15) is 0 Å². The van der Waals surface area contributed by atoms with Crippen molar-refractivity contribution in [1.29, 1.82) is 0 Å². The molecule has 0 heterocycles. The first-order chi connectivity index (χ1) is 7.06. The molecule has 0 fully saturated rings. The number of hydrogen-bond donors (Lipinski definition) is 1. The molecule has 1 aromatic carbocycles. The van der Waals surface area contributed by atoms with E-state index in [2.05, 4.69) is 15.9 Å². The maximum Gasteiger partial charge on any atom is 0.230 e. The molecule has 0 aromatic heterocycles. The molecule has 0 saturated heterocycles. The van der Waals surface area contributed by atoms with E-state index in [1.54, 1.807) is 19.0 Å². The maximum atomic E-state index is 11.8. The average Bonchev–Trinajstić information content (AvgIpc) is 2.18. The third-order valence-electron chi connectivity index (χ3n) is 2.23. The Bertz CT molecular complexity index is 352. The Balaban J connectivity index is 2.97. The molecule has 15 heavy (non-hydrogen) atoms. The van der Waals surface area contributed by atoms with E-state index >= 15 is 0 Å². The van der Waals surface area contributed by atoms with E-state index in [1.165, 1.54) is 0 Å². The predicted octanol–water partition coefficient (Wildman–Crippen LogP) is 1.58. The van der Waals surface area contributed by atoms with Crippen LogP contribution in [-0.4, -0.2) is 31.4 Å². The van der Waals surface area contributed by atoms with Gasteiger partial charge in [-0.1, -0.05) is 28.1 Å². The van der Waals surface area contributed by atoms with E-state index in [0.29, 0.717) is 6.54 Å². The summed E-state index contributed by atoms with van der Waals surface area (Å²) in [5, 5.41) is 0. The second-order valence-electron chi connectivity index (χ2n) is 3.58. The van der Waals surface area contributed by atoms with Gasteiger partial charge >= 0.3 is 0 Å². The third kappa shape index (κ3) is 3.04. The highest BCUT2D eigenvalue weighted by molar-refractivity contribution is 9.10. The van der Waals surface area contributed by atoms with Gasteiger partial charge in [-0.2, -0.15) is 0 Å². The number of carbonyl (C=O) groups excluding carboxylic acids is 1. The van der Waals surface area contributed by atoms with Crippen LogP contribution in [0.2, 0.25) is 0 Å². The van der Waals surface area contributed by atoms with Crippen molar-refractivity contribution >= 4 is 21.8 Å². The number of carbonyl (C=O) groups is 1. The molecule has 1 unspecified atom stereocenters. The fourth-order valence-corrected chi connectivity index (χ4v) is 1.83. The smallest absolute Gasteiger partial charge is 0.230 e. The van der Waals surface area contributed by atoms with Gasteiger partial charge in [-0.3, -0.25) is 4.79 Å². The molecular formula is C11H15BrN2O. The lowest BCUT2D eigenvalue weighted by molar-refractivity contribution is -0.130. The van der Waals surface area contributed by atoms with Crippen LogP contribution >= 0.6 is 15.9 Å². The van der Waals surface area contributed by atoms with Crippen LogP contribution in [-0.2, 0) is 4.79 Å². The lowest BCUT2D eigenvalue weighted by Gasteiger charge is -2.19. The van der Waals surface area contributed by atoms with Gasteiger partial charge in [0.05, 0.1) is 5.92 Å². The van der Waals surface area contributed by atoms with Crippen LogP contribution in [0.1, 0.15) is 11.5 Å². The van der Waals surface area contributed by atoms with Crippen molar-refractivity contribution in [3.63, 3.8) is 0 Å². The van der Waals surface area contributed by atoms with E-state index in [4.69, 9.17) is 5.73 Å². The fourth-order valence-electron chi connectivity index (χ4n) is 1.41. The van der Waals surface area contributed by atoms with Crippen molar-refractivity contribution in [2.24, 2.45) is 5.73 Å². The van der Waals surface area contributed by atoms with Crippen LogP contribution in [0.15, 0.2) is 28.7 Å². The molecule has 0 bridgehead atoms. The number of rotatable bonds is 3. The Kier molecular flexibility index (Phi) is 4.29. The predicted molar refractivity (Wildman–Crippen MR) is 64.6 cm³/mol. The zero-order valence-electron chi connectivity index (χ0n) is 8.90. The number of benzene rings is 1. The minimum absolute atomic E-state index is 0.0376. The van der Waals surface area contributed by atoms with Crippen LogP contribution in [0.4, 0.5) is 0 Å². The van der Waals surface area contributed by atoms with Crippen molar-refractivity contribution in [3.8, 4) is 0 Å². The molecule has 4 heteroatoms. The SMILES string of the molecule is CN(C)C(=O)C(CN)c1cccc(Br)c1. The normalized spacial score (nSPS) is 12.3. The zero-order chi connectivity index (χ0) is 11.4. The monoisotopic (exact) mass is 270 g/mol. The van der Waals surface area contributed by atoms with Gasteiger partial charge in [0.2, 0.25) is 5.91 Å². The summed E-state index contributed by atoms with van der Waals surface area (Å²) in [4.78, 5) is 13.4. The molecule has 82 valence electrons. The third-order valence-corrected chi connectivity index (χ3v) is 2.72. The molecule has 0 aliphatic rings. The van der Waals surface area contributed by atoms with Crippen molar-refractivity contribution in [1.82, 2.24) is 4.90 Å². The van der Waals surface area contributed by atoms with Gasteiger partial charge < -0.3 is 10.6 Å². The standard InChI is InChI=1S/C11H15BrN2O/c1-14(2)11(15)10(7-13)8-4-3-5-9(12)6-8/h3-6,10H,7,13H2,1-2H3. The summed E-state index contributed by atoms with van der Waals surface area (Å²) in [6.45, 7) is 0.327. The summed E-state index contributed by atoms with van der Waals surface area (Å²) in [6, 6.07) is 7.69. The summed E-state index contributed by atoms with van der Waals surface area (Å²) in [7, 11) is 3.48. The van der Waals surface area contributed by atoms with Gasteiger partial charge in [-0.25, -0.2) is 0 Å². The first kappa shape index (κ1) is 12.2. The molecule has 0 radical (unpaired) electrons. The number of amides is 1. The van der Waals surface area contributed by atoms with Crippen molar-refractivity contribution in [2.75, 3.05) is 20.6 Å². The highest BCUT2D eigenvalue weighted by atomic mass is 79.9. The summed E-state index contributed by atoms with van der Waals surface area (Å²) >= 11 is 3.38. The summed E-state index contributed by atoms with van der Waals surface area (Å²) in [5.41, 5.74) is 6.58. The summed E-state index contributed by atoms with van der Waals surface area (Å²) < 4.78 is 0.963. The van der Waals surface area contributed by atoms with E-state index < -0.39 is 0 Å². The van der Waals surface area contributed by atoms with Gasteiger partial charge in [-0.15, -0.1) is 0 Å². The molecule has 0 saturated carbocycles. The Morgan fingerprint density at radius 3 is 2.67 bits per heavy atom. The van der Waals surface area contributed by atoms with Gasteiger partial charge in [0.15, 0.2) is 0 Å². The molecule has 0 spiro atoms. The fraction of sp³-hybridized carbons (Fsp3) is 0.364. The first-order valence-electron chi connectivity index (χ1n) is 4.73. The van der Waals surface area contributed by atoms with Crippen LogP contribution in [0.5, 0.6) is 0 Å². The van der Waals surface area contributed by atoms with E-state index in [0.717, 1.165) is 10.0 Å². The first-order valence-corrected chi connectivity index (χ1v) is 5.52. The minimum atomic E-state index is -0.252. The largest absolute Gasteiger partial charge is 0.348 e. The Labute approximate surface area is 98.4 Å². The topological polar surface area (TPSA) is 46.3 Å².